The van der Waals surface area contributed by atoms with Gasteiger partial charge in [-0.25, -0.2) is 9.18 Å². The van der Waals surface area contributed by atoms with Crippen LogP contribution in [0.25, 0.3) is 0 Å². The number of halogens is 2. The van der Waals surface area contributed by atoms with Crippen molar-refractivity contribution in [3.05, 3.63) is 122 Å². The predicted octanol–water partition coefficient (Wildman–Crippen LogP) is 2.95. The van der Waals surface area contributed by atoms with Gasteiger partial charge in [-0.2, -0.15) is 0 Å². The van der Waals surface area contributed by atoms with Crippen molar-refractivity contribution >= 4 is 29.5 Å². The van der Waals surface area contributed by atoms with Crippen LogP contribution in [-0.2, 0) is 13.1 Å². The van der Waals surface area contributed by atoms with Gasteiger partial charge in [-0.15, -0.1) is 4.68 Å². The monoisotopic (exact) mass is 492 g/mol. The summed E-state index contributed by atoms with van der Waals surface area (Å²) >= 11 is 5.89. The summed E-state index contributed by atoms with van der Waals surface area (Å²) in [6, 6.07) is 20.9. The molecule has 1 heterocycles. The summed E-state index contributed by atoms with van der Waals surface area (Å²) in [5.74, 6) is -1.43. The molecule has 35 heavy (non-hydrogen) atoms. The third kappa shape index (κ3) is 5.96. The second-order valence-electron chi connectivity index (χ2n) is 7.55. The van der Waals surface area contributed by atoms with Crippen LogP contribution in [0.5, 0.6) is 0 Å². The smallest absolute Gasteiger partial charge is 0.345 e. The van der Waals surface area contributed by atoms with Crippen molar-refractivity contribution in [2.45, 2.75) is 13.1 Å². The van der Waals surface area contributed by atoms with Crippen molar-refractivity contribution in [1.29, 1.82) is 0 Å². The van der Waals surface area contributed by atoms with Gasteiger partial charge < -0.3 is 5.32 Å². The number of benzene rings is 3. The zero-order valence-corrected chi connectivity index (χ0v) is 19.1. The number of rotatable bonds is 8. The van der Waals surface area contributed by atoms with E-state index in [1.807, 2.05) is 30.3 Å². The lowest BCUT2D eigenvalue weighted by Crippen LogP contribution is -2.48. The average Bonchev–Trinajstić information content (AvgIpc) is 3.17. The molecule has 1 amide bonds. The van der Waals surface area contributed by atoms with Crippen molar-refractivity contribution in [2.24, 2.45) is 5.10 Å². The van der Waals surface area contributed by atoms with E-state index in [-0.39, 0.29) is 24.6 Å². The first-order chi connectivity index (χ1) is 16.9. The summed E-state index contributed by atoms with van der Waals surface area (Å²) in [6.07, 6.45) is 1.33. The topological polar surface area (TPSA) is 100 Å². The first-order valence-corrected chi connectivity index (χ1v) is 10.9. The van der Waals surface area contributed by atoms with E-state index in [1.165, 1.54) is 30.5 Å². The van der Waals surface area contributed by atoms with Gasteiger partial charge in [0.2, 0.25) is 5.78 Å². The van der Waals surface area contributed by atoms with Gasteiger partial charge in [0, 0.05) is 21.9 Å². The van der Waals surface area contributed by atoms with Crippen molar-refractivity contribution in [2.75, 3.05) is 0 Å². The molecule has 0 unspecified atom stereocenters. The lowest BCUT2D eigenvalue weighted by molar-refractivity contribution is -0.744. The molecule has 176 valence electrons. The normalized spacial score (nSPS) is 11.0. The number of H-pyrrole nitrogens is 1. The average molecular weight is 493 g/mol. The minimum atomic E-state index is -0.752. The molecular weight excluding hydrogens is 473 g/mol. The van der Waals surface area contributed by atoms with Gasteiger partial charge in [0.25, 0.3) is 0 Å². The maximum absolute atomic E-state index is 13.1. The molecular formula is C25H20ClFN5O3+. The van der Waals surface area contributed by atoms with Crippen molar-refractivity contribution in [3.8, 4) is 0 Å². The second kappa shape index (κ2) is 10.7. The van der Waals surface area contributed by atoms with E-state index >= 15 is 0 Å². The summed E-state index contributed by atoms with van der Waals surface area (Å²) in [5.41, 5.74) is 0.694. The SMILES string of the molecule is O=C(C[n+]1[nH]n(/N=C\c2ccc(F)cc2)c(=O)c1C(=O)NCc1ccccc1)c1ccc(Cl)cc1. The molecule has 0 saturated carbocycles. The van der Waals surface area contributed by atoms with Crippen LogP contribution in [0.3, 0.4) is 0 Å². The molecule has 0 spiro atoms. The Balaban J connectivity index is 1.63. The Labute approximate surface area is 204 Å². The molecule has 0 bridgehead atoms. The molecule has 0 atom stereocenters. The van der Waals surface area contributed by atoms with Crippen LogP contribution in [0, 0.1) is 5.82 Å². The summed E-state index contributed by atoms with van der Waals surface area (Å²) in [5, 5.41) is 9.89. The van der Waals surface area contributed by atoms with Gasteiger partial charge >= 0.3 is 17.2 Å². The van der Waals surface area contributed by atoms with E-state index in [1.54, 1.807) is 24.3 Å². The Hall–Kier alpha value is -4.37. The van der Waals surface area contributed by atoms with E-state index < -0.39 is 17.3 Å². The molecule has 0 aliphatic rings. The third-order valence-corrected chi connectivity index (χ3v) is 5.30. The molecule has 1 aromatic heterocycles. The number of aromatic amines is 1. The minimum Gasteiger partial charge on any atom is -0.345 e. The fourth-order valence-corrected chi connectivity index (χ4v) is 3.37. The predicted molar refractivity (Wildman–Crippen MR) is 128 cm³/mol. The highest BCUT2D eigenvalue weighted by Crippen LogP contribution is 2.10. The highest BCUT2D eigenvalue weighted by molar-refractivity contribution is 6.30. The summed E-state index contributed by atoms with van der Waals surface area (Å²) in [4.78, 5) is 39.6. The number of nitrogens with one attached hydrogen (secondary N) is 2. The quantitative estimate of drug-likeness (QED) is 0.225. The molecule has 4 aromatic rings. The summed E-state index contributed by atoms with van der Waals surface area (Å²) in [6.45, 7) is -0.127. The van der Waals surface area contributed by atoms with Crippen molar-refractivity contribution in [3.63, 3.8) is 0 Å². The highest BCUT2D eigenvalue weighted by Gasteiger charge is 2.30. The van der Waals surface area contributed by atoms with Crippen LogP contribution in [0.15, 0.2) is 88.8 Å². The van der Waals surface area contributed by atoms with Gasteiger partial charge in [-0.05, 0) is 47.5 Å². The number of hydrogen-bond donors (Lipinski definition) is 2. The first-order valence-electron chi connectivity index (χ1n) is 10.6. The molecule has 0 aliphatic heterocycles. The zero-order valence-electron chi connectivity index (χ0n) is 18.3. The molecule has 0 aliphatic carbocycles. The van der Waals surface area contributed by atoms with Crippen molar-refractivity contribution in [1.82, 2.24) is 15.3 Å². The lowest BCUT2D eigenvalue weighted by atomic mass is 10.1. The molecule has 2 N–H and O–H groups in total. The first kappa shape index (κ1) is 23.8. The number of Topliss-reactive ketones (excluding diaryl/α,β-unsaturated/α-hetero) is 1. The van der Waals surface area contributed by atoms with Crippen molar-refractivity contribution < 1.29 is 18.7 Å². The van der Waals surface area contributed by atoms with E-state index in [0.717, 1.165) is 15.0 Å². The van der Waals surface area contributed by atoms with Gasteiger partial charge in [-0.3, -0.25) is 9.59 Å². The molecule has 0 fully saturated rings. The van der Waals surface area contributed by atoms with E-state index in [9.17, 15) is 18.8 Å². The highest BCUT2D eigenvalue weighted by atomic mass is 35.5. The van der Waals surface area contributed by atoms with Gasteiger partial charge in [0.05, 0.1) is 6.21 Å². The molecule has 3 aromatic carbocycles. The molecule has 10 heteroatoms. The number of ketones is 1. The van der Waals surface area contributed by atoms with E-state index in [2.05, 4.69) is 15.6 Å². The Bertz CT molecular complexity index is 1430. The fraction of sp³-hybridized carbons (Fsp3) is 0.0800. The number of aromatic nitrogens is 3. The summed E-state index contributed by atoms with van der Waals surface area (Å²) in [7, 11) is 0. The van der Waals surface area contributed by atoms with E-state index in [0.29, 0.717) is 16.1 Å². The second-order valence-corrected chi connectivity index (χ2v) is 7.98. The number of amides is 1. The largest absolute Gasteiger partial charge is 0.432 e. The number of carbonyl (C=O) groups excluding carboxylic acids is 2. The Kier molecular flexibility index (Phi) is 7.27. The maximum atomic E-state index is 13.1. The van der Waals surface area contributed by atoms with Gasteiger partial charge in [-0.1, -0.05) is 64.4 Å². The Morgan fingerprint density at radius 3 is 2.40 bits per heavy atom. The standard InChI is InChI=1S/C25H19ClFN5O3/c26-20-10-8-19(9-11-20)22(33)16-31-23(24(34)28-14-17-4-2-1-3-5-17)25(35)32(30-31)29-15-18-6-12-21(27)13-7-18/h1-13,15H,14,16H2,(H-,28,30,34,35)/p+1/b29-15-. The van der Waals surface area contributed by atoms with Crippen LogP contribution < -0.4 is 15.6 Å². The van der Waals surface area contributed by atoms with Crippen LogP contribution >= 0.6 is 11.6 Å². The van der Waals surface area contributed by atoms with E-state index in [4.69, 9.17) is 11.6 Å². The van der Waals surface area contributed by atoms with Crippen LogP contribution in [0.4, 0.5) is 4.39 Å². The number of nitrogens with zero attached hydrogens (tertiary/aromatic N) is 3. The Morgan fingerprint density at radius 1 is 1.03 bits per heavy atom. The molecule has 0 saturated heterocycles. The third-order valence-electron chi connectivity index (χ3n) is 5.05. The van der Waals surface area contributed by atoms with Gasteiger partial charge in [0.1, 0.15) is 5.82 Å². The van der Waals surface area contributed by atoms with Gasteiger partial charge in [0.15, 0.2) is 6.54 Å². The number of hydrogen-bond acceptors (Lipinski definition) is 4. The molecule has 8 nitrogen and oxygen atoms in total. The maximum Gasteiger partial charge on any atom is 0.432 e. The fourth-order valence-electron chi connectivity index (χ4n) is 3.24. The zero-order chi connectivity index (χ0) is 24.8. The van der Waals surface area contributed by atoms with Crippen LogP contribution in [-0.4, -0.2) is 27.9 Å². The Morgan fingerprint density at radius 2 is 1.71 bits per heavy atom. The van der Waals surface area contributed by atoms with Crippen LogP contribution in [0.1, 0.15) is 32.0 Å². The molecule has 4 rings (SSSR count). The molecule has 0 radical (unpaired) electrons. The number of carbonyl (C=O) groups is 2. The lowest BCUT2D eigenvalue weighted by Gasteiger charge is -2.04. The minimum absolute atomic E-state index is 0.189. The summed E-state index contributed by atoms with van der Waals surface area (Å²) < 4.78 is 14.3. The van der Waals surface area contributed by atoms with Crippen LogP contribution in [0.2, 0.25) is 5.02 Å².